The second-order valence-electron chi connectivity index (χ2n) is 5.65. The van der Waals surface area contributed by atoms with Crippen molar-refractivity contribution in [1.29, 1.82) is 0 Å². The predicted molar refractivity (Wildman–Crippen MR) is 81.0 cm³/mol. The Labute approximate surface area is 120 Å². The van der Waals surface area contributed by atoms with Crippen molar-refractivity contribution in [3.63, 3.8) is 0 Å². The van der Waals surface area contributed by atoms with Gasteiger partial charge in [-0.05, 0) is 44.0 Å². The average Bonchev–Trinajstić information content (AvgIpc) is 2.46. The summed E-state index contributed by atoms with van der Waals surface area (Å²) >= 11 is 0. The van der Waals surface area contributed by atoms with Gasteiger partial charge in [0.25, 0.3) is 5.69 Å². The summed E-state index contributed by atoms with van der Waals surface area (Å²) in [6.07, 6.45) is 4.01. The number of non-ortho nitro benzene ring substituents is 1. The highest BCUT2D eigenvalue weighted by atomic mass is 16.6. The van der Waals surface area contributed by atoms with E-state index in [0.29, 0.717) is 5.92 Å². The molecule has 1 saturated heterocycles. The first-order valence-electron chi connectivity index (χ1n) is 7.36. The van der Waals surface area contributed by atoms with Crippen molar-refractivity contribution in [1.82, 2.24) is 4.90 Å². The third kappa shape index (κ3) is 4.49. The Hall–Kier alpha value is -1.62. The molecule has 1 aromatic rings. The van der Waals surface area contributed by atoms with E-state index >= 15 is 0 Å². The predicted octanol–water partition coefficient (Wildman–Crippen LogP) is 3.13. The number of hydrogen-bond acceptors (Lipinski definition) is 4. The summed E-state index contributed by atoms with van der Waals surface area (Å²) < 4.78 is 0. The lowest BCUT2D eigenvalue weighted by Gasteiger charge is -2.29. The highest BCUT2D eigenvalue weighted by Gasteiger charge is 2.13. The van der Waals surface area contributed by atoms with E-state index in [1.807, 2.05) is 0 Å². The molecule has 5 heteroatoms. The van der Waals surface area contributed by atoms with Gasteiger partial charge in [0.15, 0.2) is 0 Å². The number of nitrogens with zero attached hydrogens (tertiary/aromatic N) is 2. The second kappa shape index (κ2) is 7.24. The zero-order valence-corrected chi connectivity index (χ0v) is 12.0. The molecule has 0 radical (unpaired) electrons. The summed E-state index contributed by atoms with van der Waals surface area (Å²) in [6.45, 7) is 6.71. The standard InChI is InChI=1S/C15H23N3O2/c1-13(12-17-9-3-2-4-10-17)11-16-14-5-7-15(8-6-14)18(19)20/h5-8,13,16H,2-4,9-12H2,1H3. The monoisotopic (exact) mass is 277 g/mol. The normalized spacial score (nSPS) is 17.6. The summed E-state index contributed by atoms with van der Waals surface area (Å²) in [4.78, 5) is 12.7. The van der Waals surface area contributed by atoms with Crippen molar-refractivity contribution in [2.24, 2.45) is 5.92 Å². The first kappa shape index (κ1) is 14.8. The molecule has 0 saturated carbocycles. The lowest BCUT2D eigenvalue weighted by atomic mass is 10.1. The summed E-state index contributed by atoms with van der Waals surface area (Å²) in [5.74, 6) is 0.572. The molecule has 0 aliphatic carbocycles. The topological polar surface area (TPSA) is 58.4 Å². The number of anilines is 1. The molecule has 1 atom stereocenters. The van der Waals surface area contributed by atoms with E-state index in [4.69, 9.17) is 0 Å². The quantitative estimate of drug-likeness (QED) is 0.641. The van der Waals surface area contributed by atoms with E-state index in [0.717, 1.165) is 18.8 Å². The summed E-state index contributed by atoms with van der Waals surface area (Å²) in [7, 11) is 0. The maximum atomic E-state index is 10.6. The number of hydrogen-bond donors (Lipinski definition) is 1. The molecule has 0 aromatic heterocycles. The first-order chi connectivity index (χ1) is 9.65. The maximum Gasteiger partial charge on any atom is 0.269 e. The van der Waals surface area contributed by atoms with Crippen LogP contribution < -0.4 is 5.32 Å². The number of nitro benzene ring substituents is 1. The molecule has 1 aliphatic heterocycles. The van der Waals surface area contributed by atoms with Gasteiger partial charge in [-0.15, -0.1) is 0 Å². The number of piperidine rings is 1. The van der Waals surface area contributed by atoms with Crippen molar-refractivity contribution < 1.29 is 4.92 Å². The molecule has 20 heavy (non-hydrogen) atoms. The van der Waals surface area contributed by atoms with Crippen LogP contribution >= 0.6 is 0 Å². The minimum absolute atomic E-state index is 0.136. The highest BCUT2D eigenvalue weighted by molar-refractivity contribution is 5.48. The summed E-state index contributed by atoms with van der Waals surface area (Å²) in [6, 6.07) is 6.62. The Balaban J connectivity index is 1.74. The van der Waals surface area contributed by atoms with Crippen LogP contribution in [-0.2, 0) is 0 Å². The molecular formula is C15H23N3O2. The maximum absolute atomic E-state index is 10.6. The Morgan fingerprint density at radius 3 is 2.50 bits per heavy atom. The molecule has 110 valence electrons. The third-order valence-electron chi connectivity index (χ3n) is 3.75. The van der Waals surface area contributed by atoms with Crippen LogP contribution in [0.3, 0.4) is 0 Å². The fourth-order valence-corrected chi connectivity index (χ4v) is 2.64. The fraction of sp³-hybridized carbons (Fsp3) is 0.600. The first-order valence-corrected chi connectivity index (χ1v) is 7.36. The van der Waals surface area contributed by atoms with Gasteiger partial charge < -0.3 is 10.2 Å². The minimum Gasteiger partial charge on any atom is -0.385 e. The van der Waals surface area contributed by atoms with Crippen molar-refractivity contribution in [3.8, 4) is 0 Å². The van der Waals surface area contributed by atoms with E-state index in [2.05, 4.69) is 17.1 Å². The van der Waals surface area contributed by atoms with Gasteiger partial charge in [0, 0.05) is 30.9 Å². The van der Waals surface area contributed by atoms with Gasteiger partial charge in [-0.2, -0.15) is 0 Å². The van der Waals surface area contributed by atoms with Crippen LogP contribution in [0.15, 0.2) is 24.3 Å². The Bertz CT molecular complexity index is 427. The van der Waals surface area contributed by atoms with E-state index < -0.39 is 0 Å². The smallest absolute Gasteiger partial charge is 0.269 e. The number of nitrogens with one attached hydrogen (secondary N) is 1. The molecule has 0 spiro atoms. The summed E-state index contributed by atoms with van der Waals surface area (Å²) in [5.41, 5.74) is 1.08. The number of nitro groups is 1. The van der Waals surface area contributed by atoms with Crippen LogP contribution in [-0.4, -0.2) is 36.0 Å². The molecule has 5 nitrogen and oxygen atoms in total. The van der Waals surface area contributed by atoms with Crippen LogP contribution in [0.1, 0.15) is 26.2 Å². The Morgan fingerprint density at radius 1 is 1.25 bits per heavy atom. The van der Waals surface area contributed by atoms with Crippen molar-refractivity contribution in [2.45, 2.75) is 26.2 Å². The van der Waals surface area contributed by atoms with E-state index in [9.17, 15) is 10.1 Å². The van der Waals surface area contributed by atoms with Gasteiger partial charge >= 0.3 is 0 Å². The zero-order valence-electron chi connectivity index (χ0n) is 12.0. The van der Waals surface area contributed by atoms with Crippen molar-refractivity contribution >= 4 is 11.4 Å². The zero-order chi connectivity index (χ0) is 14.4. The van der Waals surface area contributed by atoms with Crippen LogP contribution in [0.25, 0.3) is 0 Å². The van der Waals surface area contributed by atoms with E-state index in [-0.39, 0.29) is 10.6 Å². The fourth-order valence-electron chi connectivity index (χ4n) is 2.64. The largest absolute Gasteiger partial charge is 0.385 e. The molecule has 2 rings (SSSR count). The van der Waals surface area contributed by atoms with E-state index in [1.54, 1.807) is 12.1 Å². The lowest BCUT2D eigenvalue weighted by Crippen LogP contribution is -2.35. The van der Waals surface area contributed by atoms with Crippen LogP contribution in [0.2, 0.25) is 0 Å². The Morgan fingerprint density at radius 2 is 1.90 bits per heavy atom. The molecule has 1 N–H and O–H groups in total. The van der Waals surface area contributed by atoms with Gasteiger partial charge in [-0.1, -0.05) is 13.3 Å². The Kier molecular flexibility index (Phi) is 5.35. The highest BCUT2D eigenvalue weighted by Crippen LogP contribution is 2.16. The van der Waals surface area contributed by atoms with Crippen molar-refractivity contribution in [3.05, 3.63) is 34.4 Å². The number of benzene rings is 1. The van der Waals surface area contributed by atoms with Gasteiger partial charge in [-0.25, -0.2) is 0 Å². The number of likely N-dealkylation sites (tertiary alicyclic amines) is 1. The molecule has 0 amide bonds. The van der Waals surface area contributed by atoms with Gasteiger partial charge in [-0.3, -0.25) is 10.1 Å². The molecular weight excluding hydrogens is 254 g/mol. The lowest BCUT2D eigenvalue weighted by molar-refractivity contribution is -0.384. The second-order valence-corrected chi connectivity index (χ2v) is 5.65. The van der Waals surface area contributed by atoms with Crippen LogP contribution in [0, 0.1) is 16.0 Å². The van der Waals surface area contributed by atoms with Crippen molar-refractivity contribution in [2.75, 3.05) is 31.5 Å². The van der Waals surface area contributed by atoms with E-state index in [1.165, 1.54) is 44.5 Å². The minimum atomic E-state index is -0.372. The molecule has 1 aliphatic rings. The SMILES string of the molecule is CC(CNc1ccc([N+](=O)[O-])cc1)CN1CCCCC1. The number of rotatable bonds is 6. The van der Waals surface area contributed by atoms with Gasteiger partial charge in [0.05, 0.1) is 4.92 Å². The third-order valence-corrected chi connectivity index (χ3v) is 3.75. The molecule has 0 bridgehead atoms. The summed E-state index contributed by atoms with van der Waals surface area (Å²) in [5, 5.41) is 13.9. The average molecular weight is 277 g/mol. The molecule has 1 unspecified atom stereocenters. The molecule has 1 heterocycles. The van der Waals surface area contributed by atoms with Gasteiger partial charge in [0.2, 0.25) is 0 Å². The molecule has 1 aromatic carbocycles. The van der Waals surface area contributed by atoms with Gasteiger partial charge in [0.1, 0.15) is 0 Å². The van der Waals surface area contributed by atoms with Crippen LogP contribution in [0.4, 0.5) is 11.4 Å². The van der Waals surface area contributed by atoms with Crippen LogP contribution in [0.5, 0.6) is 0 Å². The molecule has 1 fully saturated rings.